The molecule has 0 radical (unpaired) electrons. The maximum absolute atomic E-state index is 14.3. The van der Waals surface area contributed by atoms with E-state index < -0.39 is 29.5 Å². The lowest BCUT2D eigenvalue weighted by atomic mass is 9.94. The first-order chi connectivity index (χ1) is 13.8. The van der Waals surface area contributed by atoms with Crippen LogP contribution in [0.1, 0.15) is 23.7 Å². The molecule has 3 rings (SSSR count). The van der Waals surface area contributed by atoms with Crippen LogP contribution in [0.2, 0.25) is 5.02 Å². The van der Waals surface area contributed by atoms with Crippen molar-refractivity contribution in [3.05, 3.63) is 75.5 Å². The number of aliphatic imine (C=N–C) groups is 1. The minimum absolute atomic E-state index is 0.0935. The Morgan fingerprint density at radius 2 is 2.03 bits per heavy atom. The summed E-state index contributed by atoms with van der Waals surface area (Å²) in [5.41, 5.74) is 0.0746. The van der Waals surface area contributed by atoms with Crippen LogP contribution in [0.25, 0.3) is 0 Å². The molecule has 6 nitrogen and oxygen atoms in total. The molecule has 0 saturated heterocycles. The number of hydrogen-bond donors (Lipinski definition) is 2. The minimum atomic E-state index is -1.27. The Balaban J connectivity index is 2.17. The standard InChI is InChI=1S/C19H15ClF3N3O3/c1-29-5-4-14-15(19(27)28)16(9-2-3-12(22)11(20)6-9)26-18(25-14)17-13(23)7-10(21)8-24-17/h2-3,6-8,16H,4-5H2,1H3,(H,25,26)(H,27,28). The van der Waals surface area contributed by atoms with Crippen molar-refractivity contribution < 1.29 is 27.8 Å². The number of nitrogens with one attached hydrogen (secondary N) is 1. The van der Waals surface area contributed by atoms with E-state index in [0.29, 0.717) is 6.07 Å². The summed E-state index contributed by atoms with van der Waals surface area (Å²) in [5, 5.41) is 12.3. The first-order valence-electron chi connectivity index (χ1n) is 8.38. The van der Waals surface area contributed by atoms with Gasteiger partial charge in [0.1, 0.15) is 23.4 Å². The number of carboxylic acids is 1. The highest BCUT2D eigenvalue weighted by Crippen LogP contribution is 2.34. The fraction of sp³-hybridized carbons (Fsp3) is 0.211. The molecule has 1 aliphatic heterocycles. The highest BCUT2D eigenvalue weighted by molar-refractivity contribution is 6.30. The highest BCUT2D eigenvalue weighted by Gasteiger charge is 2.32. The molecule has 0 bridgehead atoms. The summed E-state index contributed by atoms with van der Waals surface area (Å²) in [4.78, 5) is 19.9. The van der Waals surface area contributed by atoms with E-state index in [1.54, 1.807) is 0 Å². The zero-order valence-electron chi connectivity index (χ0n) is 15.0. The van der Waals surface area contributed by atoms with Crippen LogP contribution in [-0.2, 0) is 9.53 Å². The molecule has 0 spiro atoms. The molecule has 1 aromatic heterocycles. The quantitative estimate of drug-likeness (QED) is 0.738. The Labute approximate surface area is 168 Å². The van der Waals surface area contributed by atoms with E-state index in [9.17, 15) is 23.1 Å². The highest BCUT2D eigenvalue weighted by atomic mass is 35.5. The zero-order valence-corrected chi connectivity index (χ0v) is 15.8. The molecule has 0 fully saturated rings. The van der Waals surface area contributed by atoms with Gasteiger partial charge in [0, 0.05) is 25.3 Å². The molecule has 10 heteroatoms. The second-order valence-corrected chi connectivity index (χ2v) is 6.51. The third-order valence-electron chi connectivity index (χ3n) is 4.20. The van der Waals surface area contributed by atoms with Gasteiger partial charge in [-0.1, -0.05) is 17.7 Å². The molecule has 2 heterocycles. The normalized spacial score (nSPS) is 16.4. The molecule has 2 N–H and O–H groups in total. The lowest BCUT2D eigenvalue weighted by Gasteiger charge is -2.26. The average molecular weight is 426 g/mol. The average Bonchev–Trinajstić information content (AvgIpc) is 2.67. The summed E-state index contributed by atoms with van der Waals surface area (Å²) in [5.74, 6) is -3.89. The maximum atomic E-state index is 14.3. The molecule has 1 atom stereocenters. The first-order valence-corrected chi connectivity index (χ1v) is 8.76. The topological polar surface area (TPSA) is 83.8 Å². The smallest absolute Gasteiger partial charge is 0.335 e. The van der Waals surface area contributed by atoms with E-state index in [1.165, 1.54) is 19.2 Å². The number of pyridine rings is 1. The van der Waals surface area contributed by atoms with Crippen LogP contribution in [0.4, 0.5) is 13.2 Å². The van der Waals surface area contributed by atoms with Gasteiger partial charge >= 0.3 is 5.97 Å². The molecule has 0 amide bonds. The van der Waals surface area contributed by atoms with Crippen molar-refractivity contribution in [2.45, 2.75) is 12.5 Å². The SMILES string of the molecule is COCCC1=C(C(=O)O)C(c2ccc(F)c(Cl)c2)N=C(c2ncc(F)cc2F)N1. The summed E-state index contributed by atoms with van der Waals surface area (Å²) in [6, 6.07) is 3.18. The van der Waals surface area contributed by atoms with Crippen LogP contribution in [0, 0.1) is 17.5 Å². The van der Waals surface area contributed by atoms with Crippen molar-refractivity contribution in [1.82, 2.24) is 10.3 Å². The van der Waals surface area contributed by atoms with Crippen LogP contribution in [0.15, 0.2) is 46.7 Å². The summed E-state index contributed by atoms with van der Waals surface area (Å²) < 4.78 is 46.1. The van der Waals surface area contributed by atoms with Crippen LogP contribution in [0.5, 0.6) is 0 Å². The molecule has 152 valence electrons. The number of rotatable bonds is 6. The minimum Gasteiger partial charge on any atom is -0.478 e. The van der Waals surface area contributed by atoms with Crippen molar-refractivity contribution >= 4 is 23.4 Å². The molecular formula is C19H15ClF3N3O3. The summed E-state index contributed by atoms with van der Waals surface area (Å²) >= 11 is 5.84. The van der Waals surface area contributed by atoms with Crippen molar-refractivity contribution in [1.29, 1.82) is 0 Å². The maximum Gasteiger partial charge on any atom is 0.335 e. The summed E-state index contributed by atoms with van der Waals surface area (Å²) in [6.45, 7) is 0.169. The summed E-state index contributed by atoms with van der Waals surface area (Å²) in [7, 11) is 1.44. The van der Waals surface area contributed by atoms with Crippen molar-refractivity contribution in [2.75, 3.05) is 13.7 Å². The van der Waals surface area contributed by atoms with Gasteiger partial charge < -0.3 is 15.2 Å². The molecule has 1 unspecified atom stereocenters. The predicted molar refractivity (Wildman–Crippen MR) is 99.1 cm³/mol. The second kappa shape index (κ2) is 8.62. The lowest BCUT2D eigenvalue weighted by molar-refractivity contribution is -0.133. The molecule has 1 aromatic carbocycles. The number of methoxy groups -OCH3 is 1. The van der Waals surface area contributed by atoms with Gasteiger partial charge in [-0.2, -0.15) is 0 Å². The Hall–Kier alpha value is -2.91. The van der Waals surface area contributed by atoms with E-state index in [0.717, 1.165) is 12.3 Å². The van der Waals surface area contributed by atoms with E-state index in [-0.39, 0.29) is 46.4 Å². The lowest BCUT2D eigenvalue weighted by Crippen LogP contribution is -2.35. The van der Waals surface area contributed by atoms with Gasteiger partial charge in [-0.25, -0.2) is 22.9 Å². The molecule has 2 aromatic rings. The molecule has 0 aliphatic carbocycles. The van der Waals surface area contributed by atoms with Gasteiger partial charge in [-0.15, -0.1) is 0 Å². The third kappa shape index (κ3) is 4.41. The van der Waals surface area contributed by atoms with Crippen LogP contribution in [0.3, 0.4) is 0 Å². The number of ether oxygens (including phenoxy) is 1. The second-order valence-electron chi connectivity index (χ2n) is 6.10. The number of benzene rings is 1. The van der Waals surface area contributed by atoms with Crippen molar-refractivity contribution in [3.8, 4) is 0 Å². The van der Waals surface area contributed by atoms with Crippen LogP contribution in [-0.4, -0.2) is 35.6 Å². The fourth-order valence-corrected chi connectivity index (χ4v) is 3.07. The number of carboxylic acid groups (broad SMARTS) is 1. The molecule has 29 heavy (non-hydrogen) atoms. The van der Waals surface area contributed by atoms with Gasteiger partial charge in [0.2, 0.25) is 0 Å². The van der Waals surface area contributed by atoms with Crippen LogP contribution < -0.4 is 5.32 Å². The van der Waals surface area contributed by atoms with Crippen molar-refractivity contribution in [2.24, 2.45) is 4.99 Å². The Kier molecular flexibility index (Phi) is 6.19. The number of amidine groups is 1. The Morgan fingerprint density at radius 1 is 1.28 bits per heavy atom. The van der Waals surface area contributed by atoms with Crippen LogP contribution >= 0.6 is 11.6 Å². The van der Waals surface area contributed by atoms with E-state index >= 15 is 0 Å². The third-order valence-corrected chi connectivity index (χ3v) is 4.49. The number of halogens is 4. The monoisotopic (exact) mass is 425 g/mol. The van der Waals surface area contributed by atoms with Gasteiger partial charge in [0.25, 0.3) is 0 Å². The van der Waals surface area contributed by atoms with E-state index in [4.69, 9.17) is 16.3 Å². The van der Waals surface area contributed by atoms with Gasteiger partial charge in [-0.3, -0.25) is 4.99 Å². The molecule has 0 saturated carbocycles. The Bertz CT molecular complexity index is 1030. The fourth-order valence-electron chi connectivity index (χ4n) is 2.88. The number of hydrogen-bond acceptors (Lipinski definition) is 5. The predicted octanol–water partition coefficient (Wildman–Crippen LogP) is 3.62. The number of aliphatic carboxylic acids is 1. The van der Waals surface area contributed by atoms with E-state index in [2.05, 4.69) is 15.3 Å². The number of carbonyl (C=O) groups is 1. The zero-order chi connectivity index (χ0) is 21.1. The van der Waals surface area contributed by atoms with Crippen molar-refractivity contribution in [3.63, 3.8) is 0 Å². The first kappa shape index (κ1) is 20.8. The number of aromatic nitrogens is 1. The largest absolute Gasteiger partial charge is 0.478 e. The van der Waals surface area contributed by atoms with Gasteiger partial charge in [-0.05, 0) is 17.7 Å². The molecular weight excluding hydrogens is 411 g/mol. The number of nitrogens with zero attached hydrogens (tertiary/aromatic N) is 2. The summed E-state index contributed by atoms with van der Waals surface area (Å²) in [6.07, 6.45) is 0.961. The van der Waals surface area contributed by atoms with Gasteiger partial charge in [0.05, 0.1) is 23.4 Å². The Morgan fingerprint density at radius 3 is 2.66 bits per heavy atom. The van der Waals surface area contributed by atoms with Gasteiger partial charge in [0.15, 0.2) is 11.7 Å². The molecule has 1 aliphatic rings. The van der Waals surface area contributed by atoms with E-state index in [1.807, 2.05) is 0 Å².